The third-order valence-electron chi connectivity index (χ3n) is 11.4. The van der Waals surface area contributed by atoms with Gasteiger partial charge in [0.05, 0.1) is 0 Å². The molecule has 0 saturated heterocycles. The van der Waals surface area contributed by atoms with Gasteiger partial charge in [0.1, 0.15) is 0 Å². The minimum Gasteiger partial charge on any atom is -0.310 e. The highest BCUT2D eigenvalue weighted by Crippen LogP contribution is 2.51. The van der Waals surface area contributed by atoms with Crippen molar-refractivity contribution in [3.8, 4) is 11.1 Å². The van der Waals surface area contributed by atoms with E-state index in [0.717, 1.165) is 11.4 Å². The van der Waals surface area contributed by atoms with Crippen molar-refractivity contribution >= 4 is 91.7 Å². The van der Waals surface area contributed by atoms with Gasteiger partial charge in [0.25, 0.3) is 0 Å². The molecule has 2 heteroatoms. The van der Waals surface area contributed by atoms with Crippen LogP contribution in [0.25, 0.3) is 74.4 Å². The van der Waals surface area contributed by atoms with Crippen LogP contribution in [0, 0.1) is 0 Å². The van der Waals surface area contributed by atoms with E-state index in [0.29, 0.717) is 0 Å². The van der Waals surface area contributed by atoms with E-state index >= 15 is 0 Å². The Bertz CT molecular complexity index is 3070. The standard InChI is InChI=1S/C49H33NS/c1-49(2)43-13-7-5-11-39(43)42-28-35(23-26-44(42)49)50(36-22-25-41-40-12-6-8-14-45(40)51-46(41)29-36)34-21-24-38-33(27-34)20-19-32-18-17-31-16-15-30-9-3-4-10-37(30)47(31)48(32)38/h3-29H,1-2H3. The maximum Gasteiger partial charge on any atom is 0.0476 e. The summed E-state index contributed by atoms with van der Waals surface area (Å²) in [5.41, 5.74) is 8.88. The number of rotatable bonds is 3. The minimum atomic E-state index is -0.0395. The summed E-state index contributed by atoms with van der Waals surface area (Å²) in [6, 6.07) is 61.3. The van der Waals surface area contributed by atoms with E-state index in [1.165, 1.54) is 91.2 Å². The van der Waals surface area contributed by atoms with E-state index in [4.69, 9.17) is 0 Å². The van der Waals surface area contributed by atoms with Crippen molar-refractivity contribution in [2.45, 2.75) is 19.3 Å². The average molecular weight is 668 g/mol. The normalized spacial score (nSPS) is 13.5. The van der Waals surface area contributed by atoms with Crippen LogP contribution in [0.1, 0.15) is 25.0 Å². The molecular weight excluding hydrogens is 635 g/mol. The Morgan fingerprint density at radius 3 is 1.76 bits per heavy atom. The van der Waals surface area contributed by atoms with Gasteiger partial charge in [0, 0.05) is 42.6 Å². The summed E-state index contributed by atoms with van der Waals surface area (Å²) in [5, 5.41) is 12.9. The Morgan fingerprint density at radius 2 is 0.941 bits per heavy atom. The highest BCUT2D eigenvalue weighted by molar-refractivity contribution is 7.25. The van der Waals surface area contributed by atoms with E-state index in [2.05, 4.69) is 183 Å². The number of hydrogen-bond donors (Lipinski definition) is 0. The van der Waals surface area contributed by atoms with Crippen molar-refractivity contribution in [1.29, 1.82) is 0 Å². The molecular formula is C49H33NS. The molecule has 0 amide bonds. The molecule has 1 nitrogen and oxygen atoms in total. The monoisotopic (exact) mass is 667 g/mol. The molecule has 0 aliphatic heterocycles. The average Bonchev–Trinajstić information content (AvgIpc) is 3.65. The topological polar surface area (TPSA) is 3.24 Å². The number of thiophene rings is 1. The summed E-state index contributed by atoms with van der Waals surface area (Å²) in [7, 11) is 0. The van der Waals surface area contributed by atoms with Crippen molar-refractivity contribution in [1.82, 2.24) is 0 Å². The molecule has 0 saturated carbocycles. The van der Waals surface area contributed by atoms with Crippen LogP contribution in [0.2, 0.25) is 0 Å². The Balaban J connectivity index is 1.16. The van der Waals surface area contributed by atoms with Crippen molar-refractivity contribution in [3.63, 3.8) is 0 Å². The van der Waals surface area contributed by atoms with Gasteiger partial charge >= 0.3 is 0 Å². The summed E-state index contributed by atoms with van der Waals surface area (Å²) in [6.07, 6.45) is 0. The third kappa shape index (κ3) is 4.14. The van der Waals surface area contributed by atoms with Gasteiger partial charge in [-0.15, -0.1) is 11.3 Å². The molecule has 0 radical (unpaired) electrons. The number of nitrogens with zero attached hydrogens (tertiary/aromatic N) is 1. The Labute approximate surface area is 300 Å². The molecule has 9 aromatic carbocycles. The van der Waals surface area contributed by atoms with Gasteiger partial charge in [0.15, 0.2) is 0 Å². The fraction of sp³-hybridized carbons (Fsp3) is 0.0612. The van der Waals surface area contributed by atoms with E-state index in [1.807, 2.05) is 11.3 Å². The fourth-order valence-corrected chi connectivity index (χ4v) is 10.1. The second kappa shape index (κ2) is 10.5. The maximum atomic E-state index is 2.46. The lowest BCUT2D eigenvalue weighted by Gasteiger charge is -2.27. The number of fused-ring (bicyclic) bond motifs is 13. The summed E-state index contributed by atoms with van der Waals surface area (Å²) >= 11 is 1.87. The molecule has 0 unspecified atom stereocenters. The molecule has 1 heterocycles. The molecule has 0 N–H and O–H groups in total. The minimum absolute atomic E-state index is 0.0395. The van der Waals surface area contributed by atoms with Gasteiger partial charge in [-0.05, 0) is 108 Å². The van der Waals surface area contributed by atoms with E-state index in [9.17, 15) is 0 Å². The lowest BCUT2D eigenvalue weighted by atomic mass is 9.82. The summed E-state index contributed by atoms with van der Waals surface area (Å²) in [6.45, 7) is 4.70. The molecule has 0 atom stereocenters. The smallest absolute Gasteiger partial charge is 0.0476 e. The molecule has 11 rings (SSSR count). The van der Waals surface area contributed by atoms with Crippen LogP contribution in [0.15, 0.2) is 164 Å². The lowest BCUT2D eigenvalue weighted by Crippen LogP contribution is -2.15. The van der Waals surface area contributed by atoms with E-state index in [-0.39, 0.29) is 5.41 Å². The SMILES string of the molecule is CC1(C)c2ccccc2-c2cc(N(c3ccc4c(ccc5ccc6ccc7ccccc7c6c54)c3)c3ccc4c(c3)sc3ccccc34)ccc21. The lowest BCUT2D eigenvalue weighted by molar-refractivity contribution is 0.660. The van der Waals surface area contributed by atoms with Crippen LogP contribution < -0.4 is 4.90 Å². The summed E-state index contributed by atoms with van der Waals surface area (Å²) in [5.74, 6) is 0. The van der Waals surface area contributed by atoms with Gasteiger partial charge in [-0.1, -0.05) is 135 Å². The second-order valence-corrected chi connectivity index (χ2v) is 15.6. The molecule has 10 aromatic rings. The van der Waals surface area contributed by atoms with Gasteiger partial charge < -0.3 is 4.90 Å². The maximum absolute atomic E-state index is 2.46. The first-order chi connectivity index (χ1) is 25.0. The van der Waals surface area contributed by atoms with Gasteiger partial charge in [-0.3, -0.25) is 0 Å². The molecule has 240 valence electrons. The van der Waals surface area contributed by atoms with Gasteiger partial charge in [-0.25, -0.2) is 0 Å². The molecule has 1 aromatic heterocycles. The van der Waals surface area contributed by atoms with Crippen LogP contribution in [0.4, 0.5) is 17.1 Å². The number of hydrogen-bond acceptors (Lipinski definition) is 2. The zero-order valence-corrected chi connectivity index (χ0v) is 29.3. The summed E-state index contributed by atoms with van der Waals surface area (Å²) < 4.78 is 2.63. The van der Waals surface area contributed by atoms with Crippen LogP contribution >= 0.6 is 11.3 Å². The van der Waals surface area contributed by atoms with Crippen LogP contribution in [-0.2, 0) is 5.41 Å². The highest BCUT2D eigenvalue weighted by Gasteiger charge is 2.35. The van der Waals surface area contributed by atoms with Crippen LogP contribution in [0.5, 0.6) is 0 Å². The van der Waals surface area contributed by atoms with Crippen molar-refractivity contribution in [3.05, 3.63) is 175 Å². The molecule has 0 spiro atoms. The first-order valence-corrected chi connectivity index (χ1v) is 18.6. The predicted octanol–water partition coefficient (Wildman–Crippen LogP) is 14.4. The van der Waals surface area contributed by atoms with Gasteiger partial charge in [-0.2, -0.15) is 0 Å². The molecule has 0 bridgehead atoms. The Morgan fingerprint density at radius 1 is 0.392 bits per heavy atom. The Hall–Kier alpha value is -5.96. The second-order valence-electron chi connectivity index (χ2n) is 14.5. The predicted molar refractivity (Wildman–Crippen MR) is 222 cm³/mol. The number of benzene rings is 9. The van der Waals surface area contributed by atoms with Crippen molar-refractivity contribution in [2.75, 3.05) is 4.90 Å². The van der Waals surface area contributed by atoms with Crippen molar-refractivity contribution < 1.29 is 0 Å². The molecule has 1 aliphatic carbocycles. The van der Waals surface area contributed by atoms with Crippen LogP contribution in [-0.4, -0.2) is 0 Å². The summed E-state index contributed by atoms with van der Waals surface area (Å²) in [4.78, 5) is 2.46. The molecule has 51 heavy (non-hydrogen) atoms. The quantitative estimate of drug-likeness (QED) is 0.170. The molecule has 0 fully saturated rings. The first kappa shape index (κ1) is 28.8. The zero-order valence-electron chi connectivity index (χ0n) is 28.4. The van der Waals surface area contributed by atoms with Crippen LogP contribution in [0.3, 0.4) is 0 Å². The fourth-order valence-electron chi connectivity index (χ4n) is 8.93. The third-order valence-corrected chi connectivity index (χ3v) is 12.5. The Kier molecular flexibility index (Phi) is 5.95. The van der Waals surface area contributed by atoms with E-state index in [1.54, 1.807) is 0 Å². The first-order valence-electron chi connectivity index (χ1n) is 17.8. The van der Waals surface area contributed by atoms with Gasteiger partial charge in [0.2, 0.25) is 0 Å². The largest absolute Gasteiger partial charge is 0.310 e. The van der Waals surface area contributed by atoms with E-state index < -0.39 is 0 Å². The number of anilines is 3. The highest BCUT2D eigenvalue weighted by atomic mass is 32.1. The van der Waals surface area contributed by atoms with Crippen molar-refractivity contribution in [2.24, 2.45) is 0 Å². The zero-order chi connectivity index (χ0) is 33.8. The molecule has 1 aliphatic rings.